The van der Waals surface area contributed by atoms with Crippen LogP contribution in [0.1, 0.15) is 17.2 Å². The molecule has 0 aliphatic carbocycles. The number of halogens is 4. The van der Waals surface area contributed by atoms with Crippen LogP contribution in [0.4, 0.5) is 8.78 Å². The molecule has 1 atom stereocenters. The number of nitrogens with one attached hydrogen (secondary N) is 1. The number of hydrazine groups is 1. The van der Waals surface area contributed by atoms with E-state index in [9.17, 15) is 8.78 Å². The minimum absolute atomic E-state index is 0.264. The van der Waals surface area contributed by atoms with Gasteiger partial charge in [-0.2, -0.15) is 0 Å². The third-order valence-corrected chi connectivity index (χ3v) is 3.73. The van der Waals surface area contributed by atoms with Crippen LogP contribution in [0.2, 0.25) is 10.0 Å². The third-order valence-electron chi connectivity index (χ3n) is 2.99. The maximum Gasteiger partial charge on any atom is 0.129 e. The van der Waals surface area contributed by atoms with Crippen molar-refractivity contribution < 1.29 is 8.78 Å². The van der Waals surface area contributed by atoms with Crippen molar-refractivity contribution in [3.63, 3.8) is 0 Å². The Balaban J connectivity index is 2.26. The van der Waals surface area contributed by atoms with Crippen molar-refractivity contribution in [3.05, 3.63) is 69.2 Å². The zero-order valence-corrected chi connectivity index (χ0v) is 11.8. The molecule has 2 aromatic rings. The Kier molecular flexibility index (Phi) is 4.94. The average Bonchev–Trinajstić information content (AvgIpc) is 2.41. The highest BCUT2D eigenvalue weighted by molar-refractivity contribution is 6.42. The number of hydrogen-bond acceptors (Lipinski definition) is 2. The lowest BCUT2D eigenvalue weighted by Crippen LogP contribution is -2.29. The molecule has 0 spiro atoms. The van der Waals surface area contributed by atoms with Crippen LogP contribution in [0.3, 0.4) is 0 Å². The van der Waals surface area contributed by atoms with E-state index in [0.29, 0.717) is 15.6 Å². The predicted octanol–water partition coefficient (Wildman–Crippen LogP) is 4.02. The van der Waals surface area contributed by atoms with E-state index in [1.54, 1.807) is 18.2 Å². The summed E-state index contributed by atoms with van der Waals surface area (Å²) in [5, 5.41) is 0.822. The fourth-order valence-electron chi connectivity index (χ4n) is 1.91. The van der Waals surface area contributed by atoms with E-state index in [0.717, 1.165) is 11.6 Å². The molecule has 0 aliphatic rings. The minimum atomic E-state index is -0.613. The van der Waals surface area contributed by atoms with Crippen LogP contribution in [0.25, 0.3) is 0 Å². The summed E-state index contributed by atoms with van der Waals surface area (Å²) in [6, 6.07) is 8.15. The number of hydrogen-bond donors (Lipinski definition) is 2. The summed E-state index contributed by atoms with van der Waals surface area (Å²) in [5.74, 6) is 4.28. The van der Waals surface area contributed by atoms with E-state index in [2.05, 4.69) is 5.43 Å². The summed E-state index contributed by atoms with van der Waals surface area (Å²) in [5.41, 5.74) is 3.72. The van der Waals surface area contributed by atoms with E-state index in [1.807, 2.05) is 0 Å². The van der Waals surface area contributed by atoms with E-state index in [1.165, 1.54) is 12.1 Å². The first-order valence-electron chi connectivity index (χ1n) is 5.86. The van der Waals surface area contributed by atoms with E-state index in [-0.39, 0.29) is 12.5 Å². The van der Waals surface area contributed by atoms with Crippen molar-refractivity contribution in [2.45, 2.75) is 12.5 Å². The van der Waals surface area contributed by atoms with Crippen molar-refractivity contribution in [2.75, 3.05) is 0 Å². The Labute approximate surface area is 125 Å². The number of rotatable bonds is 4. The maximum absolute atomic E-state index is 13.7. The highest BCUT2D eigenvalue weighted by Gasteiger charge is 2.15. The van der Waals surface area contributed by atoms with Crippen LogP contribution in [0, 0.1) is 11.6 Å². The summed E-state index contributed by atoms with van der Waals surface area (Å²) in [6.07, 6.45) is 0.264. The molecule has 2 nitrogen and oxygen atoms in total. The molecule has 0 aliphatic heterocycles. The molecule has 0 heterocycles. The molecule has 0 saturated carbocycles. The second-order valence-corrected chi connectivity index (χ2v) is 5.15. The fraction of sp³-hybridized carbons (Fsp3) is 0.143. The normalized spacial score (nSPS) is 12.4. The largest absolute Gasteiger partial charge is 0.271 e. The summed E-state index contributed by atoms with van der Waals surface area (Å²) in [7, 11) is 0. The van der Waals surface area contributed by atoms with Crippen LogP contribution < -0.4 is 11.3 Å². The smallest absolute Gasteiger partial charge is 0.129 e. The molecule has 0 fully saturated rings. The fourth-order valence-corrected chi connectivity index (χ4v) is 2.22. The molecule has 0 aromatic heterocycles. The Morgan fingerprint density at radius 2 is 1.80 bits per heavy atom. The predicted molar refractivity (Wildman–Crippen MR) is 76.6 cm³/mol. The van der Waals surface area contributed by atoms with Crippen molar-refractivity contribution in [1.82, 2.24) is 5.43 Å². The van der Waals surface area contributed by atoms with Gasteiger partial charge in [-0.05, 0) is 35.7 Å². The lowest BCUT2D eigenvalue weighted by molar-refractivity contribution is 0.522. The van der Waals surface area contributed by atoms with Gasteiger partial charge >= 0.3 is 0 Å². The highest BCUT2D eigenvalue weighted by atomic mass is 35.5. The molecule has 1 unspecified atom stereocenters. The van der Waals surface area contributed by atoms with Gasteiger partial charge in [0.1, 0.15) is 11.6 Å². The minimum Gasteiger partial charge on any atom is -0.271 e. The van der Waals surface area contributed by atoms with E-state index >= 15 is 0 Å². The SMILES string of the molecule is NNC(Cc1ccc(F)cc1F)c1ccc(Cl)c(Cl)c1. The van der Waals surface area contributed by atoms with Gasteiger partial charge in [-0.15, -0.1) is 0 Å². The molecule has 2 rings (SSSR count). The van der Waals surface area contributed by atoms with Gasteiger partial charge < -0.3 is 0 Å². The van der Waals surface area contributed by atoms with Gasteiger partial charge in [0.15, 0.2) is 0 Å². The molecular weight excluding hydrogens is 305 g/mol. The molecule has 0 radical (unpaired) electrons. The second-order valence-electron chi connectivity index (χ2n) is 4.33. The van der Waals surface area contributed by atoms with Gasteiger partial charge in [0, 0.05) is 6.07 Å². The molecule has 2 aromatic carbocycles. The average molecular weight is 317 g/mol. The van der Waals surface area contributed by atoms with Gasteiger partial charge in [-0.1, -0.05) is 35.3 Å². The summed E-state index contributed by atoms with van der Waals surface area (Å²) in [4.78, 5) is 0. The standard InChI is InChI=1S/C14H12Cl2F2N2/c15-11-4-2-9(5-12(11)16)14(20-19)6-8-1-3-10(17)7-13(8)18/h1-5,7,14,20H,6,19H2. The molecule has 3 N–H and O–H groups in total. The summed E-state index contributed by atoms with van der Waals surface area (Å²) in [6.45, 7) is 0. The van der Waals surface area contributed by atoms with Gasteiger partial charge in [0.05, 0.1) is 16.1 Å². The van der Waals surface area contributed by atoms with E-state index < -0.39 is 11.6 Å². The molecule has 106 valence electrons. The third kappa shape index (κ3) is 3.46. The van der Waals surface area contributed by atoms with Gasteiger partial charge in [0.2, 0.25) is 0 Å². The topological polar surface area (TPSA) is 38.0 Å². The van der Waals surface area contributed by atoms with Crippen LogP contribution in [0.15, 0.2) is 36.4 Å². The second kappa shape index (κ2) is 6.50. The Morgan fingerprint density at radius 3 is 2.40 bits per heavy atom. The monoisotopic (exact) mass is 316 g/mol. The Morgan fingerprint density at radius 1 is 1.05 bits per heavy atom. The number of benzene rings is 2. The lowest BCUT2D eigenvalue weighted by Gasteiger charge is -2.17. The summed E-state index contributed by atoms with van der Waals surface area (Å²) >= 11 is 11.8. The zero-order chi connectivity index (χ0) is 14.7. The van der Waals surface area contributed by atoms with Crippen LogP contribution >= 0.6 is 23.2 Å². The van der Waals surface area contributed by atoms with Crippen LogP contribution in [-0.4, -0.2) is 0 Å². The summed E-state index contributed by atoms with van der Waals surface area (Å²) < 4.78 is 26.5. The lowest BCUT2D eigenvalue weighted by atomic mass is 9.99. The van der Waals surface area contributed by atoms with E-state index in [4.69, 9.17) is 29.0 Å². The van der Waals surface area contributed by atoms with Crippen molar-refractivity contribution in [1.29, 1.82) is 0 Å². The van der Waals surface area contributed by atoms with Crippen molar-refractivity contribution >= 4 is 23.2 Å². The Bertz CT molecular complexity index is 620. The van der Waals surface area contributed by atoms with Crippen LogP contribution in [-0.2, 0) is 6.42 Å². The molecule has 0 saturated heterocycles. The molecular formula is C14H12Cl2F2N2. The van der Waals surface area contributed by atoms with Crippen LogP contribution in [0.5, 0.6) is 0 Å². The van der Waals surface area contributed by atoms with Gasteiger partial charge in [0.25, 0.3) is 0 Å². The first-order chi connectivity index (χ1) is 9.51. The highest BCUT2D eigenvalue weighted by Crippen LogP contribution is 2.27. The molecule has 20 heavy (non-hydrogen) atoms. The Hall–Kier alpha value is -1.20. The van der Waals surface area contributed by atoms with Crippen molar-refractivity contribution in [2.24, 2.45) is 5.84 Å². The number of nitrogens with two attached hydrogens (primary N) is 1. The molecule has 0 amide bonds. The quantitative estimate of drug-likeness (QED) is 0.660. The molecule has 0 bridgehead atoms. The first kappa shape index (κ1) is 15.2. The molecule has 6 heteroatoms. The van der Waals surface area contributed by atoms with Crippen molar-refractivity contribution in [3.8, 4) is 0 Å². The van der Waals surface area contributed by atoms with Gasteiger partial charge in [-0.3, -0.25) is 11.3 Å². The van der Waals surface area contributed by atoms with Gasteiger partial charge in [-0.25, -0.2) is 8.78 Å². The zero-order valence-electron chi connectivity index (χ0n) is 10.3. The first-order valence-corrected chi connectivity index (χ1v) is 6.62. The maximum atomic E-state index is 13.7.